The lowest BCUT2D eigenvalue weighted by atomic mass is 9.47. The molecule has 9 heteroatoms. The Morgan fingerprint density at radius 2 is 2.00 bits per heavy atom. The van der Waals surface area contributed by atoms with Crippen molar-refractivity contribution in [2.45, 2.75) is 51.6 Å². The molecule has 8 nitrogen and oxygen atoms in total. The number of ether oxygens (including phenoxy) is 1. The van der Waals surface area contributed by atoms with Crippen LogP contribution in [-0.2, 0) is 11.2 Å². The molecule has 1 heterocycles. The summed E-state index contributed by atoms with van der Waals surface area (Å²) in [5.41, 5.74) is -0.114. The van der Waals surface area contributed by atoms with Crippen LogP contribution < -0.4 is 15.2 Å². The van der Waals surface area contributed by atoms with E-state index in [-0.39, 0.29) is 24.9 Å². The summed E-state index contributed by atoms with van der Waals surface area (Å²) in [7, 11) is 1.55. The maximum atomic E-state index is 12.7. The molecule has 0 aliphatic heterocycles. The van der Waals surface area contributed by atoms with Gasteiger partial charge < -0.3 is 24.9 Å². The second-order valence-electron chi connectivity index (χ2n) is 9.62. The fraction of sp³-hybridized carbons (Fsp3) is 0.542. The van der Waals surface area contributed by atoms with E-state index in [0.29, 0.717) is 41.4 Å². The quantitative estimate of drug-likeness (QED) is 0.584. The molecule has 1 amide bonds. The summed E-state index contributed by atoms with van der Waals surface area (Å²) in [4.78, 5) is 30.0. The number of aromatic nitrogens is 1. The van der Waals surface area contributed by atoms with Crippen LogP contribution in [0.1, 0.15) is 60.0 Å². The number of methoxy groups -OCH3 is 1. The van der Waals surface area contributed by atoms with E-state index in [2.05, 4.69) is 10.3 Å². The van der Waals surface area contributed by atoms with E-state index in [0.717, 1.165) is 4.88 Å². The Morgan fingerprint density at radius 3 is 2.61 bits per heavy atom. The summed E-state index contributed by atoms with van der Waals surface area (Å²) in [6.45, 7) is 3.71. The number of nitrogens with zero attached hydrogens (tertiary/aromatic N) is 1. The Bertz CT molecular complexity index is 1050. The average molecular weight is 474 g/mol. The number of hydrogen-bond acceptors (Lipinski definition) is 8. The van der Waals surface area contributed by atoms with E-state index in [1.165, 1.54) is 11.3 Å². The highest BCUT2D eigenvalue weighted by molar-refractivity contribution is 7.15. The van der Waals surface area contributed by atoms with Gasteiger partial charge in [0.2, 0.25) is 0 Å². The first-order valence-corrected chi connectivity index (χ1v) is 11.9. The molecular weight excluding hydrogens is 444 g/mol. The second kappa shape index (κ2) is 8.70. The van der Waals surface area contributed by atoms with Gasteiger partial charge in [-0.05, 0) is 61.3 Å². The van der Waals surface area contributed by atoms with Crippen LogP contribution in [-0.4, -0.2) is 46.9 Å². The van der Waals surface area contributed by atoms with Crippen LogP contribution in [0.25, 0.3) is 0 Å². The van der Waals surface area contributed by atoms with Crippen molar-refractivity contribution >= 4 is 28.3 Å². The first-order chi connectivity index (χ1) is 15.6. The largest absolute Gasteiger partial charge is 0.550 e. The molecule has 0 unspecified atom stereocenters. The third kappa shape index (κ3) is 4.02. The van der Waals surface area contributed by atoms with Gasteiger partial charge in [0.25, 0.3) is 5.91 Å². The summed E-state index contributed by atoms with van der Waals surface area (Å²) in [6, 6.07) is 6.71. The van der Waals surface area contributed by atoms with Crippen LogP contribution in [0.2, 0.25) is 0 Å². The normalized spacial score (nSPS) is 30.8. The number of rotatable bonds is 6. The second-order valence-corrected chi connectivity index (χ2v) is 10.7. The van der Waals surface area contributed by atoms with Crippen LogP contribution in [0.4, 0.5) is 5.13 Å². The van der Waals surface area contributed by atoms with Gasteiger partial charge in [-0.3, -0.25) is 10.1 Å². The molecule has 0 saturated heterocycles. The molecule has 0 bridgehead atoms. The summed E-state index contributed by atoms with van der Waals surface area (Å²) >= 11 is 1.32. The van der Waals surface area contributed by atoms with Gasteiger partial charge in [0.05, 0.1) is 25.5 Å². The molecule has 178 valence electrons. The number of aliphatic carboxylic acids is 1. The first-order valence-electron chi connectivity index (χ1n) is 11.1. The number of fused-ring (bicyclic) bond motifs is 2. The maximum absolute atomic E-state index is 12.7. The number of benzene rings is 1. The highest BCUT2D eigenvalue weighted by atomic mass is 32.1. The molecule has 4 rings (SSSR count). The lowest BCUT2D eigenvalue weighted by Crippen LogP contribution is -2.57. The maximum Gasteiger partial charge on any atom is 0.257 e. The number of aliphatic hydroxyl groups is 2. The van der Waals surface area contributed by atoms with Crippen LogP contribution >= 0.6 is 11.3 Å². The highest BCUT2D eigenvalue weighted by Gasteiger charge is 2.58. The fourth-order valence-corrected chi connectivity index (χ4v) is 6.84. The molecule has 1 saturated carbocycles. The molecule has 33 heavy (non-hydrogen) atoms. The predicted molar refractivity (Wildman–Crippen MR) is 121 cm³/mol. The third-order valence-corrected chi connectivity index (χ3v) is 8.85. The lowest BCUT2D eigenvalue weighted by Gasteiger charge is -2.58. The van der Waals surface area contributed by atoms with Gasteiger partial charge in [0.1, 0.15) is 5.75 Å². The Balaban J connectivity index is 1.68. The van der Waals surface area contributed by atoms with Gasteiger partial charge in [-0.2, -0.15) is 0 Å². The topological polar surface area (TPSA) is 132 Å². The number of carboxylic acid groups (broad SMARTS) is 1. The van der Waals surface area contributed by atoms with Crippen molar-refractivity contribution in [1.82, 2.24) is 4.98 Å². The monoisotopic (exact) mass is 473 g/mol. The van der Waals surface area contributed by atoms with E-state index in [9.17, 15) is 24.9 Å². The third-order valence-electron chi connectivity index (χ3n) is 7.84. The number of nitrogens with one attached hydrogen (secondary N) is 1. The van der Waals surface area contributed by atoms with Crippen LogP contribution in [0.5, 0.6) is 5.75 Å². The number of hydrogen-bond donors (Lipinski definition) is 3. The molecule has 2 aromatic rings. The van der Waals surface area contributed by atoms with Crippen molar-refractivity contribution in [3.63, 3.8) is 0 Å². The number of anilines is 1. The zero-order chi connectivity index (χ0) is 24.0. The molecule has 0 radical (unpaired) electrons. The highest BCUT2D eigenvalue weighted by Crippen LogP contribution is 2.62. The molecule has 1 fully saturated rings. The van der Waals surface area contributed by atoms with E-state index < -0.39 is 28.8 Å². The molecule has 1 aromatic carbocycles. The van der Waals surface area contributed by atoms with E-state index in [1.54, 1.807) is 31.4 Å². The van der Waals surface area contributed by atoms with Gasteiger partial charge >= 0.3 is 0 Å². The van der Waals surface area contributed by atoms with Crippen LogP contribution in [0.3, 0.4) is 0 Å². The average Bonchev–Trinajstić information content (AvgIpc) is 3.19. The van der Waals surface area contributed by atoms with Crippen molar-refractivity contribution in [3.8, 4) is 5.75 Å². The molecule has 1 aromatic heterocycles. The standard InChI is InChI=1S/C24H30N2O6S/c1-23-9-8-18(28)24(2,12-27)17(23)11-16-20(15(23)10-19(29)30)25-22(33-16)26-21(31)13-4-6-14(32-3)7-5-13/h4-7,15,17-18,27-28H,8-12H2,1-3H3,(H,29,30)(H,25,26,31)/p-1/t15-,17+,18-,23+,24+/m1/s1. The van der Waals surface area contributed by atoms with Crippen molar-refractivity contribution < 1.29 is 29.6 Å². The number of thiazole rings is 1. The lowest BCUT2D eigenvalue weighted by molar-refractivity contribution is -0.307. The zero-order valence-electron chi connectivity index (χ0n) is 19.0. The summed E-state index contributed by atoms with van der Waals surface area (Å²) in [5, 5.41) is 35.9. The van der Waals surface area contributed by atoms with Gasteiger partial charge in [-0.25, -0.2) is 4.98 Å². The summed E-state index contributed by atoms with van der Waals surface area (Å²) < 4.78 is 5.12. The summed E-state index contributed by atoms with van der Waals surface area (Å²) in [5.74, 6) is -1.41. The van der Waals surface area contributed by atoms with Gasteiger partial charge in [0, 0.05) is 27.7 Å². The van der Waals surface area contributed by atoms with E-state index >= 15 is 0 Å². The molecule has 3 N–H and O–H groups in total. The first kappa shape index (κ1) is 23.7. The molecule has 5 atom stereocenters. The molecule has 2 aliphatic carbocycles. The molecule has 0 spiro atoms. The predicted octanol–water partition coefficient (Wildman–Crippen LogP) is 1.96. The number of carboxylic acids is 1. The van der Waals surface area contributed by atoms with Gasteiger partial charge in [0.15, 0.2) is 5.13 Å². The van der Waals surface area contributed by atoms with Crippen molar-refractivity contribution in [3.05, 3.63) is 40.4 Å². The Kier molecular flexibility index (Phi) is 6.24. The molecular formula is C24H29N2O6S-. The van der Waals surface area contributed by atoms with Crippen molar-refractivity contribution in [2.75, 3.05) is 19.0 Å². The SMILES string of the molecule is COc1ccc(C(=O)Nc2nc3c(s2)C[C@@H]2[C@](C)(CO)[C@H](O)CC[C@@]2(C)[C@@H]3CC(=O)[O-])cc1. The Labute approximate surface area is 196 Å². The number of aliphatic hydroxyl groups excluding tert-OH is 2. The van der Waals surface area contributed by atoms with Crippen LogP contribution in [0, 0.1) is 16.7 Å². The van der Waals surface area contributed by atoms with Crippen molar-refractivity contribution in [1.29, 1.82) is 0 Å². The smallest absolute Gasteiger partial charge is 0.257 e. The minimum atomic E-state index is -1.17. The minimum Gasteiger partial charge on any atom is -0.550 e. The Hall–Kier alpha value is -2.49. The zero-order valence-corrected chi connectivity index (χ0v) is 19.8. The minimum absolute atomic E-state index is 0.138. The van der Waals surface area contributed by atoms with Gasteiger partial charge in [-0.15, -0.1) is 11.3 Å². The van der Waals surface area contributed by atoms with Gasteiger partial charge in [-0.1, -0.05) is 13.8 Å². The van der Waals surface area contributed by atoms with E-state index in [1.807, 2.05) is 13.8 Å². The van der Waals surface area contributed by atoms with E-state index in [4.69, 9.17) is 4.74 Å². The molecule has 2 aliphatic rings. The fourth-order valence-electron chi connectivity index (χ4n) is 5.78. The number of carbonyl (C=O) groups excluding carboxylic acids is 2. The number of amides is 1. The Morgan fingerprint density at radius 1 is 1.30 bits per heavy atom. The summed E-state index contributed by atoms with van der Waals surface area (Å²) in [6.07, 6.45) is 0.783. The van der Waals surface area contributed by atoms with Crippen LogP contribution in [0.15, 0.2) is 24.3 Å². The number of carbonyl (C=O) groups is 2. The van der Waals surface area contributed by atoms with Crippen molar-refractivity contribution in [2.24, 2.45) is 16.7 Å².